The third-order valence-corrected chi connectivity index (χ3v) is 2.30. The van der Waals surface area contributed by atoms with Crippen LogP contribution in [0.25, 0.3) is 10.8 Å². The van der Waals surface area contributed by atoms with Crippen molar-refractivity contribution in [1.29, 1.82) is 0 Å². The minimum Gasteiger partial charge on any atom is -0.261 e. The van der Waals surface area contributed by atoms with Gasteiger partial charge in [-0.1, -0.05) is 38.1 Å². The van der Waals surface area contributed by atoms with Crippen LogP contribution in [0.2, 0.25) is 0 Å². The Morgan fingerprint density at radius 3 is 2.57 bits per heavy atom. The van der Waals surface area contributed by atoms with Gasteiger partial charge in [-0.3, -0.25) is 4.98 Å². The maximum absolute atomic E-state index is 4.45. The van der Waals surface area contributed by atoms with Gasteiger partial charge in [-0.25, -0.2) is 0 Å². The molecule has 1 heteroatoms. The summed E-state index contributed by atoms with van der Waals surface area (Å²) in [6.07, 6.45) is 3.03. The normalized spacial score (nSPS) is 11.1. The molecule has 1 aromatic carbocycles. The molecule has 14 heavy (non-hydrogen) atoms. The van der Waals surface area contributed by atoms with Crippen molar-refractivity contribution in [3.8, 4) is 0 Å². The minimum atomic E-state index is 0.670. The van der Waals surface area contributed by atoms with E-state index in [0.29, 0.717) is 5.92 Å². The van der Waals surface area contributed by atoms with Crippen LogP contribution in [0.1, 0.15) is 19.5 Å². The zero-order valence-electron chi connectivity index (χ0n) is 8.70. The van der Waals surface area contributed by atoms with E-state index >= 15 is 0 Å². The molecule has 0 bridgehead atoms. The molecular weight excluding hydrogens is 170 g/mol. The van der Waals surface area contributed by atoms with Gasteiger partial charge in [-0.15, -0.1) is 0 Å². The fourth-order valence-electron chi connectivity index (χ4n) is 1.66. The fourth-order valence-corrected chi connectivity index (χ4v) is 1.66. The molecule has 2 rings (SSSR count). The second kappa shape index (κ2) is 3.79. The number of pyridine rings is 1. The second-order valence-corrected chi connectivity index (χ2v) is 4.12. The molecule has 0 N–H and O–H groups in total. The molecule has 0 spiro atoms. The summed E-state index contributed by atoms with van der Waals surface area (Å²) in [4.78, 5) is 4.45. The van der Waals surface area contributed by atoms with Crippen molar-refractivity contribution in [2.75, 3.05) is 0 Å². The summed E-state index contributed by atoms with van der Waals surface area (Å²) < 4.78 is 0. The molecule has 0 unspecified atom stereocenters. The molecule has 1 aromatic heterocycles. The van der Waals surface area contributed by atoms with E-state index in [1.807, 2.05) is 12.3 Å². The Hall–Kier alpha value is -1.37. The highest BCUT2D eigenvalue weighted by Crippen LogP contribution is 2.15. The quantitative estimate of drug-likeness (QED) is 0.698. The van der Waals surface area contributed by atoms with E-state index in [4.69, 9.17) is 0 Å². The third-order valence-electron chi connectivity index (χ3n) is 2.30. The van der Waals surface area contributed by atoms with Gasteiger partial charge in [0, 0.05) is 17.3 Å². The standard InChI is InChI=1S/C13H15N/c1-10(2)7-13-8-11-5-3-4-6-12(11)9-14-13/h3-6,8-10H,7H2,1-2H3. The van der Waals surface area contributed by atoms with Crippen molar-refractivity contribution in [1.82, 2.24) is 4.98 Å². The maximum atomic E-state index is 4.45. The van der Waals surface area contributed by atoms with Crippen molar-refractivity contribution in [2.24, 2.45) is 5.92 Å². The van der Waals surface area contributed by atoms with Crippen molar-refractivity contribution in [2.45, 2.75) is 20.3 Å². The van der Waals surface area contributed by atoms with Gasteiger partial charge in [0.25, 0.3) is 0 Å². The monoisotopic (exact) mass is 185 g/mol. The average molecular weight is 185 g/mol. The molecular formula is C13H15N. The highest BCUT2D eigenvalue weighted by atomic mass is 14.7. The average Bonchev–Trinajstić information content (AvgIpc) is 2.17. The van der Waals surface area contributed by atoms with Crippen LogP contribution in [-0.4, -0.2) is 4.98 Å². The largest absolute Gasteiger partial charge is 0.261 e. The molecule has 0 radical (unpaired) electrons. The van der Waals surface area contributed by atoms with Crippen LogP contribution in [0.5, 0.6) is 0 Å². The number of nitrogens with zero attached hydrogens (tertiary/aromatic N) is 1. The van der Waals surface area contributed by atoms with Gasteiger partial charge in [0.2, 0.25) is 0 Å². The van der Waals surface area contributed by atoms with E-state index in [1.54, 1.807) is 0 Å². The zero-order valence-corrected chi connectivity index (χ0v) is 8.70. The first kappa shape index (κ1) is 9.20. The van der Waals surface area contributed by atoms with Gasteiger partial charge in [0.1, 0.15) is 0 Å². The molecule has 0 amide bonds. The molecule has 1 heterocycles. The first-order chi connectivity index (χ1) is 6.75. The molecule has 2 aromatic rings. The Morgan fingerprint density at radius 1 is 1.14 bits per heavy atom. The van der Waals surface area contributed by atoms with Crippen molar-refractivity contribution >= 4 is 10.8 Å². The van der Waals surface area contributed by atoms with Gasteiger partial charge in [0.05, 0.1) is 0 Å². The molecule has 0 fully saturated rings. The number of hydrogen-bond donors (Lipinski definition) is 0. The molecule has 0 saturated heterocycles. The topological polar surface area (TPSA) is 12.9 Å². The lowest BCUT2D eigenvalue weighted by Gasteiger charge is -2.04. The summed E-state index contributed by atoms with van der Waals surface area (Å²) in [5.74, 6) is 0.670. The van der Waals surface area contributed by atoms with Crippen LogP contribution in [-0.2, 0) is 6.42 Å². The molecule has 1 nitrogen and oxygen atoms in total. The van der Waals surface area contributed by atoms with Crippen LogP contribution in [0.15, 0.2) is 36.5 Å². The van der Waals surface area contributed by atoms with Crippen LogP contribution in [0.3, 0.4) is 0 Å². The molecule has 0 atom stereocenters. The summed E-state index contributed by atoms with van der Waals surface area (Å²) in [6, 6.07) is 10.5. The van der Waals surface area contributed by atoms with E-state index in [-0.39, 0.29) is 0 Å². The van der Waals surface area contributed by atoms with Gasteiger partial charge >= 0.3 is 0 Å². The predicted octanol–water partition coefficient (Wildman–Crippen LogP) is 3.43. The first-order valence-electron chi connectivity index (χ1n) is 5.09. The lowest BCUT2D eigenvalue weighted by atomic mass is 10.1. The molecule has 72 valence electrons. The Labute approximate surface area is 84.8 Å². The number of hydrogen-bond acceptors (Lipinski definition) is 1. The minimum absolute atomic E-state index is 0.670. The van der Waals surface area contributed by atoms with E-state index in [0.717, 1.165) is 6.42 Å². The van der Waals surface area contributed by atoms with Crippen LogP contribution in [0.4, 0.5) is 0 Å². The maximum Gasteiger partial charge on any atom is 0.0412 e. The summed E-state index contributed by atoms with van der Waals surface area (Å²) in [7, 11) is 0. The second-order valence-electron chi connectivity index (χ2n) is 4.12. The predicted molar refractivity (Wildman–Crippen MR) is 60.3 cm³/mol. The summed E-state index contributed by atoms with van der Waals surface area (Å²) in [5, 5.41) is 2.51. The summed E-state index contributed by atoms with van der Waals surface area (Å²) in [6.45, 7) is 4.44. The highest BCUT2D eigenvalue weighted by molar-refractivity contribution is 5.81. The Morgan fingerprint density at radius 2 is 1.86 bits per heavy atom. The Kier molecular flexibility index (Phi) is 2.49. The smallest absolute Gasteiger partial charge is 0.0412 e. The lowest BCUT2D eigenvalue weighted by molar-refractivity contribution is 0.636. The van der Waals surface area contributed by atoms with Gasteiger partial charge in [0.15, 0.2) is 0 Å². The number of rotatable bonds is 2. The van der Waals surface area contributed by atoms with Crippen LogP contribution < -0.4 is 0 Å². The first-order valence-corrected chi connectivity index (χ1v) is 5.09. The van der Waals surface area contributed by atoms with Crippen molar-refractivity contribution in [3.63, 3.8) is 0 Å². The Bertz CT molecular complexity index is 432. The fraction of sp³-hybridized carbons (Fsp3) is 0.308. The summed E-state index contributed by atoms with van der Waals surface area (Å²) in [5.41, 5.74) is 1.19. The van der Waals surface area contributed by atoms with E-state index in [1.165, 1.54) is 16.5 Å². The van der Waals surface area contributed by atoms with Crippen LogP contribution >= 0.6 is 0 Å². The molecule has 0 aliphatic rings. The third kappa shape index (κ3) is 1.92. The van der Waals surface area contributed by atoms with E-state index in [9.17, 15) is 0 Å². The van der Waals surface area contributed by atoms with Crippen molar-refractivity contribution in [3.05, 3.63) is 42.2 Å². The van der Waals surface area contributed by atoms with Gasteiger partial charge in [-0.05, 0) is 23.8 Å². The zero-order chi connectivity index (χ0) is 9.97. The molecule has 0 aliphatic carbocycles. The number of fused-ring (bicyclic) bond motifs is 1. The number of benzene rings is 1. The van der Waals surface area contributed by atoms with E-state index in [2.05, 4.69) is 43.1 Å². The highest BCUT2D eigenvalue weighted by Gasteiger charge is 2.00. The van der Waals surface area contributed by atoms with Crippen molar-refractivity contribution < 1.29 is 0 Å². The Balaban J connectivity index is 2.41. The summed E-state index contributed by atoms with van der Waals surface area (Å²) >= 11 is 0. The molecule has 0 saturated carbocycles. The van der Waals surface area contributed by atoms with Gasteiger partial charge in [-0.2, -0.15) is 0 Å². The van der Waals surface area contributed by atoms with Gasteiger partial charge < -0.3 is 0 Å². The van der Waals surface area contributed by atoms with E-state index < -0.39 is 0 Å². The molecule has 0 aliphatic heterocycles. The number of aromatic nitrogens is 1. The SMILES string of the molecule is CC(C)Cc1cc2ccccc2cn1. The lowest BCUT2D eigenvalue weighted by Crippen LogP contribution is -1.96. The van der Waals surface area contributed by atoms with Crippen LogP contribution in [0, 0.1) is 5.92 Å².